The number of carbonyl (C=O) groups is 1. The van der Waals surface area contributed by atoms with E-state index >= 15 is 0 Å². The first-order valence-corrected chi connectivity index (χ1v) is 4.72. The number of primary amides is 1. The van der Waals surface area contributed by atoms with E-state index < -0.39 is 5.91 Å². The van der Waals surface area contributed by atoms with Crippen molar-refractivity contribution in [1.82, 2.24) is 0 Å². The lowest BCUT2D eigenvalue weighted by molar-refractivity contribution is 0.0999. The monoisotopic (exact) mass is 242 g/mol. The number of hydrogen-bond acceptors (Lipinski definition) is 2. The molecule has 1 amide bonds. The maximum atomic E-state index is 11.0. The van der Waals surface area contributed by atoms with E-state index in [-0.39, 0.29) is 0 Å². The van der Waals surface area contributed by atoms with Gasteiger partial charge in [0.1, 0.15) is 0 Å². The van der Waals surface area contributed by atoms with Gasteiger partial charge in [-0.3, -0.25) is 4.79 Å². The minimum Gasteiger partial charge on any atom is -0.366 e. The van der Waals surface area contributed by atoms with Crippen molar-refractivity contribution in [2.24, 2.45) is 11.5 Å². The van der Waals surface area contributed by atoms with E-state index in [1.807, 2.05) is 6.07 Å². The standard InChI is InChI=1S/C9H11BrN2O/c10-7-1-2-8(9(12)13)6(5-7)3-4-11/h1-2,5H,3-4,11H2,(H2,12,13). The maximum absolute atomic E-state index is 11.0. The highest BCUT2D eigenvalue weighted by Gasteiger charge is 2.07. The van der Waals surface area contributed by atoms with Crippen LogP contribution in [0.3, 0.4) is 0 Å². The predicted octanol–water partition coefficient (Wildman–Crippen LogP) is 1.05. The molecule has 0 aromatic heterocycles. The number of amides is 1. The smallest absolute Gasteiger partial charge is 0.248 e. The van der Waals surface area contributed by atoms with Crippen molar-refractivity contribution in [3.63, 3.8) is 0 Å². The number of hydrogen-bond donors (Lipinski definition) is 2. The van der Waals surface area contributed by atoms with E-state index in [0.29, 0.717) is 18.5 Å². The van der Waals surface area contributed by atoms with Crippen molar-refractivity contribution in [3.8, 4) is 0 Å². The fourth-order valence-electron chi connectivity index (χ4n) is 1.17. The molecule has 0 unspecified atom stereocenters. The van der Waals surface area contributed by atoms with E-state index in [9.17, 15) is 4.79 Å². The first-order valence-electron chi connectivity index (χ1n) is 3.93. The summed E-state index contributed by atoms with van der Waals surface area (Å²) in [5, 5.41) is 0. The predicted molar refractivity (Wildman–Crippen MR) is 55.4 cm³/mol. The summed E-state index contributed by atoms with van der Waals surface area (Å²) in [6.45, 7) is 0.511. The van der Waals surface area contributed by atoms with E-state index in [0.717, 1.165) is 10.0 Å². The average Bonchev–Trinajstić information content (AvgIpc) is 2.04. The molecule has 4 N–H and O–H groups in total. The molecule has 4 heteroatoms. The Kier molecular flexibility index (Phi) is 3.45. The molecule has 0 bridgehead atoms. The van der Waals surface area contributed by atoms with Crippen molar-refractivity contribution in [1.29, 1.82) is 0 Å². The van der Waals surface area contributed by atoms with Crippen molar-refractivity contribution in [3.05, 3.63) is 33.8 Å². The largest absolute Gasteiger partial charge is 0.366 e. The fraction of sp³-hybridized carbons (Fsp3) is 0.222. The lowest BCUT2D eigenvalue weighted by Crippen LogP contribution is -2.15. The zero-order valence-corrected chi connectivity index (χ0v) is 8.67. The number of rotatable bonds is 3. The molecule has 0 heterocycles. The second-order valence-electron chi connectivity index (χ2n) is 2.70. The van der Waals surface area contributed by atoms with Crippen molar-refractivity contribution < 1.29 is 4.79 Å². The molecule has 1 aromatic carbocycles. The van der Waals surface area contributed by atoms with Crippen LogP contribution in [-0.4, -0.2) is 12.5 Å². The third-order valence-electron chi connectivity index (χ3n) is 1.75. The van der Waals surface area contributed by atoms with Gasteiger partial charge >= 0.3 is 0 Å². The highest BCUT2D eigenvalue weighted by molar-refractivity contribution is 9.10. The Hall–Kier alpha value is -0.870. The van der Waals surface area contributed by atoms with Gasteiger partial charge in [0, 0.05) is 10.0 Å². The minimum absolute atomic E-state index is 0.407. The molecular weight excluding hydrogens is 232 g/mol. The third-order valence-corrected chi connectivity index (χ3v) is 2.24. The number of halogens is 1. The molecule has 0 saturated heterocycles. The van der Waals surface area contributed by atoms with Crippen molar-refractivity contribution in [2.45, 2.75) is 6.42 Å². The van der Waals surface area contributed by atoms with Crippen LogP contribution in [0.5, 0.6) is 0 Å². The van der Waals surface area contributed by atoms with E-state index in [1.165, 1.54) is 0 Å². The molecule has 1 rings (SSSR count). The fourth-order valence-corrected chi connectivity index (χ4v) is 1.57. The third kappa shape index (κ3) is 2.54. The number of benzene rings is 1. The zero-order valence-electron chi connectivity index (χ0n) is 7.09. The Morgan fingerprint density at radius 3 is 2.69 bits per heavy atom. The molecule has 3 nitrogen and oxygen atoms in total. The molecule has 0 spiro atoms. The average molecular weight is 243 g/mol. The van der Waals surface area contributed by atoms with Gasteiger partial charge in [-0.25, -0.2) is 0 Å². The molecule has 13 heavy (non-hydrogen) atoms. The second kappa shape index (κ2) is 4.39. The Balaban J connectivity index is 3.10. The summed E-state index contributed by atoms with van der Waals surface area (Å²) in [6, 6.07) is 5.37. The summed E-state index contributed by atoms with van der Waals surface area (Å²) >= 11 is 3.32. The molecule has 0 fully saturated rings. The topological polar surface area (TPSA) is 69.1 Å². The van der Waals surface area contributed by atoms with Gasteiger partial charge in [0.05, 0.1) is 0 Å². The van der Waals surface area contributed by atoms with Crippen LogP contribution in [0.1, 0.15) is 15.9 Å². The molecule has 0 aliphatic rings. The van der Waals surface area contributed by atoms with Gasteiger partial charge in [0.2, 0.25) is 5.91 Å². The molecule has 0 aliphatic heterocycles. The molecule has 1 aromatic rings. The van der Waals surface area contributed by atoms with Gasteiger partial charge in [-0.05, 0) is 36.7 Å². The minimum atomic E-state index is -0.407. The van der Waals surface area contributed by atoms with Crippen molar-refractivity contribution >= 4 is 21.8 Å². The molecule has 0 aliphatic carbocycles. The summed E-state index contributed by atoms with van der Waals surface area (Å²) in [7, 11) is 0. The van der Waals surface area contributed by atoms with Crippen LogP contribution in [0, 0.1) is 0 Å². The van der Waals surface area contributed by atoms with Crippen LogP contribution < -0.4 is 11.5 Å². The number of carbonyl (C=O) groups excluding carboxylic acids is 1. The quantitative estimate of drug-likeness (QED) is 0.832. The summed E-state index contributed by atoms with van der Waals surface area (Å²) in [5.74, 6) is -0.407. The van der Waals surface area contributed by atoms with Crippen molar-refractivity contribution in [2.75, 3.05) is 6.54 Å². The second-order valence-corrected chi connectivity index (χ2v) is 3.62. The number of nitrogens with two attached hydrogens (primary N) is 2. The van der Waals surface area contributed by atoms with Crippen LogP contribution in [0.4, 0.5) is 0 Å². The van der Waals surface area contributed by atoms with Crippen LogP contribution in [0.15, 0.2) is 22.7 Å². The van der Waals surface area contributed by atoms with E-state index in [2.05, 4.69) is 15.9 Å². The van der Waals surface area contributed by atoms with Crippen LogP contribution in [0.2, 0.25) is 0 Å². The molecule has 0 radical (unpaired) electrons. The SMILES string of the molecule is NCCc1cc(Br)ccc1C(N)=O. The Labute approximate surface area is 85.2 Å². The summed E-state index contributed by atoms with van der Waals surface area (Å²) < 4.78 is 0.931. The summed E-state index contributed by atoms with van der Waals surface area (Å²) in [6.07, 6.45) is 0.664. The van der Waals surface area contributed by atoms with Crippen LogP contribution in [0.25, 0.3) is 0 Å². The van der Waals surface area contributed by atoms with Gasteiger partial charge in [0.15, 0.2) is 0 Å². The highest BCUT2D eigenvalue weighted by Crippen LogP contribution is 2.16. The first-order chi connectivity index (χ1) is 6.15. The lowest BCUT2D eigenvalue weighted by Gasteiger charge is -2.05. The normalized spacial score (nSPS) is 10.0. The lowest BCUT2D eigenvalue weighted by atomic mass is 10.0. The summed E-state index contributed by atoms with van der Waals surface area (Å²) in [5.41, 5.74) is 12.1. The summed E-state index contributed by atoms with van der Waals surface area (Å²) in [4.78, 5) is 11.0. The molecule has 0 saturated carbocycles. The van der Waals surface area contributed by atoms with Gasteiger partial charge in [0.25, 0.3) is 0 Å². The van der Waals surface area contributed by atoms with E-state index in [1.54, 1.807) is 12.1 Å². The highest BCUT2D eigenvalue weighted by atomic mass is 79.9. The van der Waals surface area contributed by atoms with Crippen LogP contribution in [-0.2, 0) is 6.42 Å². The maximum Gasteiger partial charge on any atom is 0.248 e. The Morgan fingerprint density at radius 1 is 1.46 bits per heavy atom. The Bertz CT molecular complexity index is 325. The van der Waals surface area contributed by atoms with Gasteiger partial charge in [-0.2, -0.15) is 0 Å². The zero-order chi connectivity index (χ0) is 9.84. The van der Waals surface area contributed by atoms with E-state index in [4.69, 9.17) is 11.5 Å². The Morgan fingerprint density at radius 2 is 2.15 bits per heavy atom. The van der Waals surface area contributed by atoms with Gasteiger partial charge in [-0.1, -0.05) is 15.9 Å². The van der Waals surface area contributed by atoms with Crippen LogP contribution >= 0.6 is 15.9 Å². The molecule has 0 atom stereocenters. The van der Waals surface area contributed by atoms with Gasteiger partial charge in [-0.15, -0.1) is 0 Å². The van der Waals surface area contributed by atoms with Gasteiger partial charge < -0.3 is 11.5 Å². The molecular formula is C9H11BrN2O. The first kappa shape index (κ1) is 10.2. The molecule has 70 valence electrons.